The summed E-state index contributed by atoms with van der Waals surface area (Å²) in [7, 11) is 1.48. The minimum absolute atomic E-state index is 0.0445. The lowest BCUT2D eigenvalue weighted by Crippen LogP contribution is -2.35. The Morgan fingerprint density at radius 3 is 2.75 bits per heavy atom. The second-order valence-electron chi connectivity index (χ2n) is 4.55. The van der Waals surface area contributed by atoms with Gasteiger partial charge in [0.05, 0.1) is 17.5 Å². The third-order valence-electron chi connectivity index (χ3n) is 3.10. The van der Waals surface area contributed by atoms with Crippen LogP contribution in [0, 0.1) is 6.92 Å². The molecule has 5 nitrogen and oxygen atoms in total. The predicted octanol–water partition coefficient (Wildman–Crippen LogP) is 2.20. The van der Waals surface area contributed by atoms with Crippen molar-refractivity contribution in [1.29, 1.82) is 0 Å². The quantitative estimate of drug-likeness (QED) is 0.814. The fraction of sp³-hybridized carbons (Fsp3) is 0.417. The summed E-state index contributed by atoms with van der Waals surface area (Å²) in [6, 6.07) is 2.91. The van der Waals surface area contributed by atoms with Crippen molar-refractivity contribution in [2.45, 2.75) is 24.3 Å². The highest BCUT2D eigenvalue weighted by molar-refractivity contribution is 9.10. The summed E-state index contributed by atoms with van der Waals surface area (Å²) in [4.78, 5) is 12.2. The molecule has 8 heteroatoms. The van der Waals surface area contributed by atoms with E-state index in [9.17, 15) is 13.2 Å². The maximum absolute atomic E-state index is 12.2. The summed E-state index contributed by atoms with van der Waals surface area (Å²) in [6.45, 7) is 2.64. The summed E-state index contributed by atoms with van der Waals surface area (Å²) in [5, 5.41) is 2.82. The zero-order valence-electron chi connectivity index (χ0n) is 10.7. The number of benzene rings is 1. The van der Waals surface area contributed by atoms with Gasteiger partial charge < -0.3 is 10.1 Å². The van der Waals surface area contributed by atoms with Gasteiger partial charge in [-0.25, -0.2) is 8.42 Å². The summed E-state index contributed by atoms with van der Waals surface area (Å²) < 4.78 is 28.7. The van der Waals surface area contributed by atoms with E-state index >= 15 is 0 Å². The van der Waals surface area contributed by atoms with E-state index < -0.39 is 9.05 Å². The molecule has 1 amide bonds. The molecule has 1 N–H and O–H groups in total. The maximum atomic E-state index is 12.2. The fourth-order valence-electron chi connectivity index (χ4n) is 2.05. The lowest BCUT2D eigenvalue weighted by Gasteiger charge is -2.14. The zero-order valence-corrected chi connectivity index (χ0v) is 13.8. The number of hydrogen-bond acceptors (Lipinski definition) is 4. The van der Waals surface area contributed by atoms with Crippen molar-refractivity contribution in [2.24, 2.45) is 0 Å². The minimum atomic E-state index is -3.90. The first-order chi connectivity index (χ1) is 9.29. The Kier molecular flexibility index (Phi) is 4.73. The molecule has 1 unspecified atom stereocenters. The Morgan fingerprint density at radius 1 is 1.50 bits per heavy atom. The first-order valence-corrected chi connectivity index (χ1v) is 9.02. The molecule has 2 rings (SSSR count). The van der Waals surface area contributed by atoms with Crippen LogP contribution in [0.4, 0.5) is 0 Å². The van der Waals surface area contributed by atoms with E-state index in [-0.39, 0.29) is 22.4 Å². The van der Waals surface area contributed by atoms with Gasteiger partial charge in [0.1, 0.15) is 0 Å². The highest BCUT2D eigenvalue weighted by atomic mass is 79.9. The van der Waals surface area contributed by atoms with Crippen LogP contribution in [0.3, 0.4) is 0 Å². The molecular weight excluding hydrogens is 370 g/mol. The van der Waals surface area contributed by atoms with Crippen LogP contribution in [-0.2, 0) is 13.8 Å². The van der Waals surface area contributed by atoms with Crippen LogP contribution in [-0.4, -0.2) is 33.6 Å². The highest BCUT2D eigenvalue weighted by Crippen LogP contribution is 2.27. The molecule has 1 atom stereocenters. The number of hydrogen-bond donors (Lipinski definition) is 1. The van der Waals surface area contributed by atoms with Gasteiger partial charge in [0.25, 0.3) is 15.0 Å². The summed E-state index contributed by atoms with van der Waals surface area (Å²) in [5.41, 5.74) is 0.616. The van der Waals surface area contributed by atoms with Crippen molar-refractivity contribution in [2.75, 3.05) is 13.2 Å². The molecule has 1 heterocycles. The highest BCUT2D eigenvalue weighted by Gasteiger charge is 2.23. The largest absolute Gasteiger partial charge is 0.379 e. The molecule has 20 heavy (non-hydrogen) atoms. The van der Waals surface area contributed by atoms with Crippen LogP contribution in [0.2, 0.25) is 0 Å². The van der Waals surface area contributed by atoms with Gasteiger partial charge in [0.2, 0.25) is 0 Å². The summed E-state index contributed by atoms with van der Waals surface area (Å²) in [5.74, 6) is -0.333. The average Bonchev–Trinajstić information content (AvgIpc) is 2.83. The minimum Gasteiger partial charge on any atom is -0.379 e. The van der Waals surface area contributed by atoms with Crippen molar-refractivity contribution >= 4 is 41.6 Å². The van der Waals surface area contributed by atoms with Crippen molar-refractivity contribution in [1.82, 2.24) is 5.32 Å². The second-order valence-corrected chi connectivity index (χ2v) is 8.00. The smallest absolute Gasteiger partial charge is 0.261 e. The van der Waals surface area contributed by atoms with E-state index in [2.05, 4.69) is 21.2 Å². The van der Waals surface area contributed by atoms with E-state index in [1.807, 2.05) is 0 Å². The first kappa shape index (κ1) is 15.8. The monoisotopic (exact) mass is 381 g/mol. The van der Waals surface area contributed by atoms with Gasteiger partial charge in [-0.2, -0.15) is 0 Å². The lowest BCUT2D eigenvalue weighted by molar-refractivity contribution is 0.0929. The Labute approximate surface area is 130 Å². The molecule has 1 aromatic carbocycles. The molecule has 0 saturated carbocycles. The number of halogens is 2. The molecule has 0 aromatic heterocycles. The third-order valence-corrected chi connectivity index (χ3v) is 5.00. The van der Waals surface area contributed by atoms with Crippen LogP contribution in [0.25, 0.3) is 0 Å². The number of carbonyl (C=O) groups excluding carboxylic acids is 1. The fourth-order valence-corrected chi connectivity index (χ4v) is 3.89. The van der Waals surface area contributed by atoms with E-state index in [0.717, 1.165) is 6.42 Å². The molecule has 1 aromatic rings. The molecule has 0 aliphatic carbocycles. The number of ether oxygens (including phenoxy) is 1. The summed E-state index contributed by atoms with van der Waals surface area (Å²) >= 11 is 3.19. The number of nitrogens with one attached hydrogen (secondary N) is 1. The van der Waals surface area contributed by atoms with Crippen molar-refractivity contribution in [3.8, 4) is 0 Å². The molecule has 1 aliphatic heterocycles. The van der Waals surface area contributed by atoms with Gasteiger partial charge in [-0.3, -0.25) is 4.79 Å². The molecule has 0 bridgehead atoms. The van der Waals surface area contributed by atoms with Crippen molar-refractivity contribution in [3.05, 3.63) is 27.7 Å². The first-order valence-electron chi connectivity index (χ1n) is 5.92. The van der Waals surface area contributed by atoms with Crippen LogP contribution < -0.4 is 5.32 Å². The van der Waals surface area contributed by atoms with Gasteiger partial charge in [-0.15, -0.1) is 0 Å². The van der Waals surface area contributed by atoms with Crippen LogP contribution in [0.1, 0.15) is 22.3 Å². The Hall–Kier alpha value is -0.630. The van der Waals surface area contributed by atoms with E-state index in [0.29, 0.717) is 23.2 Å². The van der Waals surface area contributed by atoms with Crippen molar-refractivity contribution in [3.63, 3.8) is 0 Å². The second kappa shape index (κ2) is 6.01. The number of carbonyl (C=O) groups is 1. The third kappa shape index (κ3) is 3.52. The Balaban J connectivity index is 2.36. The molecule has 0 radical (unpaired) electrons. The molecule has 1 saturated heterocycles. The zero-order chi connectivity index (χ0) is 14.9. The van der Waals surface area contributed by atoms with Gasteiger partial charge in [0, 0.05) is 27.3 Å². The Morgan fingerprint density at radius 2 is 2.20 bits per heavy atom. The number of rotatable bonds is 3. The molecular formula is C12H13BrClNO4S. The van der Waals surface area contributed by atoms with E-state index in [1.165, 1.54) is 6.07 Å². The van der Waals surface area contributed by atoms with Gasteiger partial charge in [-0.1, -0.05) is 15.9 Å². The van der Waals surface area contributed by atoms with E-state index in [1.54, 1.807) is 13.0 Å². The number of amides is 1. The van der Waals surface area contributed by atoms with Gasteiger partial charge >= 0.3 is 0 Å². The standard InChI is InChI=1S/C12H13BrClNO4S/c1-7-10(12(16)15-9-2-3-19-6-9)4-8(13)5-11(7)20(14,17)18/h4-5,9H,2-3,6H2,1H3,(H,15,16). The SMILES string of the molecule is Cc1c(C(=O)NC2CCOC2)cc(Br)cc1S(=O)(=O)Cl. The Bertz CT molecular complexity index is 641. The molecule has 110 valence electrons. The molecule has 1 fully saturated rings. The van der Waals surface area contributed by atoms with Crippen LogP contribution >= 0.6 is 26.6 Å². The van der Waals surface area contributed by atoms with Crippen molar-refractivity contribution < 1.29 is 17.9 Å². The normalized spacial score (nSPS) is 19.1. The van der Waals surface area contributed by atoms with Crippen LogP contribution in [0.5, 0.6) is 0 Å². The average molecular weight is 383 g/mol. The maximum Gasteiger partial charge on any atom is 0.261 e. The van der Waals surface area contributed by atoms with Gasteiger partial charge in [0.15, 0.2) is 0 Å². The molecule has 0 spiro atoms. The molecule has 1 aliphatic rings. The predicted molar refractivity (Wildman–Crippen MR) is 78.6 cm³/mol. The van der Waals surface area contributed by atoms with Crippen LogP contribution in [0.15, 0.2) is 21.5 Å². The summed E-state index contributed by atoms with van der Waals surface area (Å²) in [6.07, 6.45) is 0.749. The van der Waals surface area contributed by atoms with E-state index in [4.69, 9.17) is 15.4 Å². The van der Waals surface area contributed by atoms with Gasteiger partial charge in [-0.05, 0) is 31.0 Å². The lowest BCUT2D eigenvalue weighted by atomic mass is 10.1. The topological polar surface area (TPSA) is 72.5 Å².